The third-order valence-corrected chi connectivity index (χ3v) is 4.87. The fraction of sp³-hybridized carbons (Fsp3) is 0.773. The van der Waals surface area contributed by atoms with Crippen LogP contribution in [0, 0.1) is 6.92 Å². The van der Waals surface area contributed by atoms with Crippen molar-refractivity contribution in [3.05, 3.63) is 32.6 Å². The van der Waals surface area contributed by atoms with Gasteiger partial charge < -0.3 is 18.9 Å². The second-order valence-electron chi connectivity index (χ2n) is 9.10. The number of Topliss-reactive ketones (excluding diaryl/α,β-unsaturated/α-hetero) is 1. The van der Waals surface area contributed by atoms with Crippen LogP contribution in [0.5, 0.6) is 0 Å². The molecule has 1 aromatic rings. The highest BCUT2D eigenvalue weighted by Crippen LogP contribution is 2.35. The van der Waals surface area contributed by atoms with Crippen LogP contribution in [-0.4, -0.2) is 58.6 Å². The Hall–Kier alpha value is -1.81. The van der Waals surface area contributed by atoms with Crippen molar-refractivity contribution >= 4 is 5.78 Å². The Morgan fingerprint density at radius 1 is 1.26 bits per heavy atom. The van der Waals surface area contributed by atoms with Crippen LogP contribution in [0.1, 0.15) is 66.2 Å². The molecule has 0 bridgehead atoms. The van der Waals surface area contributed by atoms with Gasteiger partial charge in [-0.15, -0.1) is 0 Å². The van der Waals surface area contributed by atoms with Crippen LogP contribution < -0.4 is 11.2 Å². The van der Waals surface area contributed by atoms with Crippen molar-refractivity contribution in [2.45, 2.75) is 97.6 Å². The second-order valence-corrected chi connectivity index (χ2v) is 9.10. The standard InChI is InChI=1S/C22H36N2O7/c1-8-15(25)9-10-28-18-17(31-22(5,6)7)16(12-29-13(2)3)30-20(18)24-11-14(4)19(26)23-21(24)27/h11,13,16-18,20H,8-10,12H2,1-7H3,(H,23,26,27)/t16-,17?,18+,20-/m1/s1. The van der Waals surface area contributed by atoms with E-state index >= 15 is 0 Å². The molecule has 0 aromatic carbocycles. The maximum absolute atomic E-state index is 12.6. The van der Waals surface area contributed by atoms with E-state index < -0.39 is 41.4 Å². The summed E-state index contributed by atoms with van der Waals surface area (Å²) in [6.45, 7) is 13.5. The van der Waals surface area contributed by atoms with Crippen LogP contribution in [-0.2, 0) is 23.7 Å². The average molecular weight is 441 g/mol. The summed E-state index contributed by atoms with van der Waals surface area (Å²) >= 11 is 0. The number of hydrogen-bond donors (Lipinski definition) is 1. The van der Waals surface area contributed by atoms with Crippen LogP contribution in [0.4, 0.5) is 0 Å². The molecule has 1 fully saturated rings. The number of aryl methyl sites for hydroxylation is 1. The fourth-order valence-corrected chi connectivity index (χ4v) is 3.34. The number of ether oxygens (including phenoxy) is 4. The summed E-state index contributed by atoms with van der Waals surface area (Å²) < 4.78 is 25.7. The fourth-order valence-electron chi connectivity index (χ4n) is 3.34. The zero-order chi connectivity index (χ0) is 23.3. The van der Waals surface area contributed by atoms with Crippen LogP contribution in [0.3, 0.4) is 0 Å². The van der Waals surface area contributed by atoms with Crippen molar-refractivity contribution in [1.82, 2.24) is 9.55 Å². The summed E-state index contributed by atoms with van der Waals surface area (Å²) in [5.41, 5.74) is -1.18. The summed E-state index contributed by atoms with van der Waals surface area (Å²) in [4.78, 5) is 38.5. The third kappa shape index (κ3) is 7.10. The Bertz CT molecular complexity index is 853. The van der Waals surface area contributed by atoms with E-state index in [0.717, 1.165) is 0 Å². The first-order chi connectivity index (χ1) is 14.4. The molecular formula is C22H36N2O7. The van der Waals surface area contributed by atoms with Gasteiger partial charge in [0.25, 0.3) is 5.56 Å². The molecule has 1 saturated heterocycles. The van der Waals surface area contributed by atoms with Crippen molar-refractivity contribution in [2.75, 3.05) is 13.2 Å². The quantitative estimate of drug-likeness (QED) is 0.593. The Kier molecular flexibility index (Phi) is 8.76. The maximum atomic E-state index is 12.6. The highest BCUT2D eigenvalue weighted by molar-refractivity contribution is 5.78. The largest absolute Gasteiger partial charge is 0.376 e. The second kappa shape index (κ2) is 10.7. The number of carbonyl (C=O) groups is 1. The van der Waals surface area contributed by atoms with Crippen LogP contribution in [0.25, 0.3) is 0 Å². The molecule has 1 aliphatic rings. The zero-order valence-electron chi connectivity index (χ0n) is 19.6. The van der Waals surface area contributed by atoms with Gasteiger partial charge in [-0.25, -0.2) is 4.79 Å². The number of carbonyl (C=O) groups excluding carboxylic acids is 1. The zero-order valence-corrected chi connectivity index (χ0v) is 19.6. The molecular weight excluding hydrogens is 404 g/mol. The number of nitrogens with zero attached hydrogens (tertiary/aromatic N) is 1. The molecule has 0 aliphatic carbocycles. The first kappa shape index (κ1) is 25.5. The van der Waals surface area contributed by atoms with Gasteiger partial charge in [0.1, 0.15) is 24.1 Å². The minimum absolute atomic E-state index is 0.0162. The molecule has 9 heteroatoms. The molecule has 1 aromatic heterocycles. The Morgan fingerprint density at radius 3 is 2.52 bits per heavy atom. The monoisotopic (exact) mass is 440 g/mol. The third-order valence-electron chi connectivity index (χ3n) is 4.87. The molecule has 0 radical (unpaired) electrons. The normalized spacial score (nSPS) is 24.1. The number of H-pyrrole nitrogens is 1. The Balaban J connectivity index is 2.41. The van der Waals surface area contributed by atoms with E-state index in [1.807, 2.05) is 34.6 Å². The summed E-state index contributed by atoms with van der Waals surface area (Å²) in [6.07, 6.45) is -0.428. The van der Waals surface area contributed by atoms with Crippen LogP contribution in [0.2, 0.25) is 0 Å². The van der Waals surface area contributed by atoms with E-state index in [-0.39, 0.29) is 31.5 Å². The summed E-state index contributed by atoms with van der Waals surface area (Å²) in [7, 11) is 0. The van der Waals surface area contributed by atoms with Gasteiger partial charge in [0, 0.05) is 24.6 Å². The molecule has 9 nitrogen and oxygen atoms in total. The molecule has 1 aliphatic heterocycles. The molecule has 176 valence electrons. The summed E-state index contributed by atoms with van der Waals surface area (Å²) in [5, 5.41) is 0. The summed E-state index contributed by atoms with van der Waals surface area (Å²) in [5.74, 6) is 0.0838. The molecule has 4 atom stereocenters. The Morgan fingerprint density at radius 2 is 1.94 bits per heavy atom. The van der Waals surface area contributed by atoms with Crippen molar-refractivity contribution < 1.29 is 23.7 Å². The van der Waals surface area contributed by atoms with Crippen LogP contribution >= 0.6 is 0 Å². The van der Waals surface area contributed by atoms with E-state index in [9.17, 15) is 14.4 Å². The number of hydrogen-bond acceptors (Lipinski definition) is 7. The van der Waals surface area contributed by atoms with Gasteiger partial charge in [0.2, 0.25) is 0 Å². The maximum Gasteiger partial charge on any atom is 0.330 e. The molecule has 1 unspecified atom stereocenters. The minimum Gasteiger partial charge on any atom is -0.376 e. The van der Waals surface area contributed by atoms with E-state index in [2.05, 4.69) is 4.98 Å². The predicted octanol–water partition coefficient (Wildman–Crippen LogP) is 2.11. The van der Waals surface area contributed by atoms with Gasteiger partial charge in [-0.2, -0.15) is 0 Å². The number of aromatic amines is 1. The molecule has 0 amide bonds. The smallest absolute Gasteiger partial charge is 0.330 e. The average Bonchev–Trinajstić information content (AvgIpc) is 2.98. The van der Waals surface area contributed by atoms with Crippen molar-refractivity contribution in [1.29, 1.82) is 0 Å². The highest BCUT2D eigenvalue weighted by atomic mass is 16.6. The van der Waals surface area contributed by atoms with Crippen molar-refractivity contribution in [2.24, 2.45) is 0 Å². The van der Waals surface area contributed by atoms with E-state index in [1.54, 1.807) is 13.8 Å². The van der Waals surface area contributed by atoms with E-state index in [0.29, 0.717) is 12.0 Å². The molecule has 1 N–H and O–H groups in total. The van der Waals surface area contributed by atoms with E-state index in [1.165, 1.54) is 10.8 Å². The topological polar surface area (TPSA) is 109 Å². The SMILES string of the molecule is CCC(=O)CCO[C@H]1C(OC(C)(C)C)[C@@H](COC(C)C)O[C@H]1n1cc(C)c(=O)[nH]c1=O. The van der Waals surface area contributed by atoms with Crippen molar-refractivity contribution in [3.63, 3.8) is 0 Å². The first-order valence-corrected chi connectivity index (χ1v) is 10.8. The number of rotatable bonds is 10. The van der Waals surface area contributed by atoms with Gasteiger partial charge in [-0.3, -0.25) is 19.1 Å². The molecule has 2 heterocycles. The highest BCUT2D eigenvalue weighted by Gasteiger charge is 2.49. The number of aromatic nitrogens is 2. The summed E-state index contributed by atoms with van der Waals surface area (Å²) in [6, 6.07) is 0. The van der Waals surface area contributed by atoms with Crippen LogP contribution in [0.15, 0.2) is 15.8 Å². The number of nitrogens with one attached hydrogen (secondary N) is 1. The minimum atomic E-state index is -0.840. The lowest BCUT2D eigenvalue weighted by Gasteiger charge is -2.31. The van der Waals surface area contributed by atoms with Gasteiger partial charge >= 0.3 is 5.69 Å². The van der Waals surface area contributed by atoms with Crippen molar-refractivity contribution in [3.8, 4) is 0 Å². The lowest BCUT2D eigenvalue weighted by Crippen LogP contribution is -2.44. The molecule has 31 heavy (non-hydrogen) atoms. The molecule has 0 spiro atoms. The van der Waals surface area contributed by atoms with Gasteiger partial charge in [-0.05, 0) is 41.5 Å². The molecule has 0 saturated carbocycles. The number of ketones is 1. The Labute approximate surface area is 183 Å². The lowest BCUT2D eigenvalue weighted by atomic mass is 10.1. The predicted molar refractivity (Wildman–Crippen MR) is 115 cm³/mol. The molecule has 2 rings (SSSR count). The van der Waals surface area contributed by atoms with Gasteiger partial charge in [0.05, 0.1) is 24.9 Å². The van der Waals surface area contributed by atoms with E-state index in [4.69, 9.17) is 18.9 Å². The lowest BCUT2D eigenvalue weighted by molar-refractivity contribution is -0.140. The van der Waals surface area contributed by atoms with Gasteiger partial charge in [0.15, 0.2) is 6.23 Å². The van der Waals surface area contributed by atoms with Gasteiger partial charge in [-0.1, -0.05) is 6.92 Å². The first-order valence-electron chi connectivity index (χ1n) is 10.8.